The van der Waals surface area contributed by atoms with Gasteiger partial charge in [0.25, 0.3) is 5.91 Å². The van der Waals surface area contributed by atoms with Gasteiger partial charge in [0.15, 0.2) is 0 Å². The maximum absolute atomic E-state index is 12.8. The second kappa shape index (κ2) is 10.3. The first-order chi connectivity index (χ1) is 15.0. The SMILES string of the molecule is CCOC(=O)C1CCN(c2ccccc2NC2=C(C(=O)OC)CN(CCO)C2=O)CC1. The number of nitrogens with zero attached hydrogens (tertiary/aromatic N) is 2. The van der Waals surface area contributed by atoms with Crippen LogP contribution in [0.2, 0.25) is 0 Å². The number of carbonyl (C=O) groups excluding carboxylic acids is 3. The monoisotopic (exact) mass is 431 g/mol. The molecule has 0 aromatic heterocycles. The lowest BCUT2D eigenvalue weighted by molar-refractivity contribution is -0.148. The Kier molecular flexibility index (Phi) is 7.51. The highest BCUT2D eigenvalue weighted by Crippen LogP contribution is 2.32. The Hall–Kier alpha value is -3.07. The van der Waals surface area contributed by atoms with Crippen molar-refractivity contribution in [1.82, 2.24) is 4.90 Å². The summed E-state index contributed by atoms with van der Waals surface area (Å²) in [4.78, 5) is 40.6. The standard InChI is InChI=1S/C22H29N3O6/c1-3-31-21(28)15-8-10-24(11-9-15)18-7-5-4-6-17(18)23-19-16(22(29)30-2)14-25(12-13-26)20(19)27/h4-7,15,23,26H,3,8-14H2,1-2H3. The number of aliphatic hydroxyl groups is 1. The first kappa shape index (κ1) is 22.6. The van der Waals surface area contributed by atoms with Crippen LogP contribution >= 0.6 is 0 Å². The topological polar surface area (TPSA) is 108 Å². The van der Waals surface area contributed by atoms with Crippen LogP contribution in [0.1, 0.15) is 19.8 Å². The number of para-hydroxylation sites is 2. The molecule has 3 rings (SSSR count). The molecule has 1 aromatic rings. The molecule has 9 nitrogen and oxygen atoms in total. The van der Waals surface area contributed by atoms with E-state index >= 15 is 0 Å². The molecule has 0 unspecified atom stereocenters. The van der Waals surface area contributed by atoms with E-state index < -0.39 is 5.97 Å². The van der Waals surface area contributed by atoms with Crippen molar-refractivity contribution in [2.45, 2.75) is 19.8 Å². The Labute approximate surface area is 181 Å². The number of carbonyl (C=O) groups is 3. The van der Waals surface area contributed by atoms with Gasteiger partial charge < -0.3 is 29.7 Å². The van der Waals surface area contributed by atoms with E-state index in [1.54, 1.807) is 6.92 Å². The van der Waals surface area contributed by atoms with Crippen molar-refractivity contribution in [3.8, 4) is 0 Å². The van der Waals surface area contributed by atoms with Crippen LogP contribution in [0.15, 0.2) is 35.5 Å². The van der Waals surface area contributed by atoms with E-state index in [-0.39, 0.29) is 48.8 Å². The number of hydrogen-bond acceptors (Lipinski definition) is 8. The lowest BCUT2D eigenvalue weighted by Gasteiger charge is -2.34. The van der Waals surface area contributed by atoms with Crippen LogP contribution in [0.5, 0.6) is 0 Å². The first-order valence-electron chi connectivity index (χ1n) is 10.5. The van der Waals surface area contributed by atoms with Crippen LogP contribution in [-0.4, -0.2) is 74.4 Å². The third-order valence-corrected chi connectivity index (χ3v) is 5.57. The Bertz CT molecular complexity index is 861. The molecule has 2 aliphatic rings. The van der Waals surface area contributed by atoms with E-state index in [4.69, 9.17) is 9.47 Å². The highest BCUT2D eigenvalue weighted by molar-refractivity contribution is 6.09. The highest BCUT2D eigenvalue weighted by atomic mass is 16.5. The summed E-state index contributed by atoms with van der Waals surface area (Å²) in [7, 11) is 1.27. The zero-order valence-corrected chi connectivity index (χ0v) is 17.9. The van der Waals surface area contributed by atoms with E-state index in [1.165, 1.54) is 12.0 Å². The molecule has 0 bridgehead atoms. The molecule has 1 fully saturated rings. The van der Waals surface area contributed by atoms with Gasteiger partial charge in [0.2, 0.25) is 0 Å². The quantitative estimate of drug-likeness (QED) is 0.590. The number of nitrogens with one attached hydrogen (secondary N) is 1. The van der Waals surface area contributed by atoms with Crippen molar-refractivity contribution < 1.29 is 29.0 Å². The fourth-order valence-corrected chi connectivity index (χ4v) is 3.95. The van der Waals surface area contributed by atoms with Gasteiger partial charge in [0.05, 0.1) is 49.7 Å². The maximum atomic E-state index is 12.8. The predicted octanol–water partition coefficient (Wildman–Crippen LogP) is 1.14. The molecule has 0 saturated carbocycles. The normalized spacial score (nSPS) is 17.2. The second-order valence-electron chi connectivity index (χ2n) is 7.45. The van der Waals surface area contributed by atoms with Gasteiger partial charge >= 0.3 is 11.9 Å². The Morgan fingerprint density at radius 2 is 1.94 bits per heavy atom. The molecule has 9 heteroatoms. The van der Waals surface area contributed by atoms with Gasteiger partial charge in [-0.05, 0) is 31.9 Å². The van der Waals surface area contributed by atoms with Gasteiger partial charge in [0.1, 0.15) is 5.70 Å². The largest absolute Gasteiger partial charge is 0.466 e. The molecule has 0 aliphatic carbocycles. The van der Waals surface area contributed by atoms with Crippen molar-refractivity contribution in [3.63, 3.8) is 0 Å². The fourth-order valence-electron chi connectivity index (χ4n) is 3.95. The summed E-state index contributed by atoms with van der Waals surface area (Å²) in [6, 6.07) is 7.54. The average Bonchev–Trinajstić information content (AvgIpc) is 3.09. The third-order valence-electron chi connectivity index (χ3n) is 5.57. The zero-order valence-electron chi connectivity index (χ0n) is 17.9. The van der Waals surface area contributed by atoms with Crippen LogP contribution in [0, 0.1) is 5.92 Å². The van der Waals surface area contributed by atoms with E-state index in [0.29, 0.717) is 38.2 Å². The van der Waals surface area contributed by atoms with E-state index in [9.17, 15) is 19.5 Å². The Balaban J connectivity index is 1.79. The number of amides is 1. The molecule has 1 aromatic carbocycles. The zero-order chi connectivity index (χ0) is 22.4. The van der Waals surface area contributed by atoms with Gasteiger partial charge in [-0.15, -0.1) is 0 Å². The predicted molar refractivity (Wildman–Crippen MR) is 114 cm³/mol. The number of rotatable bonds is 8. The number of aliphatic hydroxyl groups excluding tert-OH is 1. The molecule has 2 N–H and O–H groups in total. The van der Waals surface area contributed by atoms with Crippen molar-refractivity contribution in [1.29, 1.82) is 0 Å². The summed E-state index contributed by atoms with van der Waals surface area (Å²) in [5, 5.41) is 12.4. The second-order valence-corrected chi connectivity index (χ2v) is 7.45. The Morgan fingerprint density at radius 1 is 1.23 bits per heavy atom. The smallest absolute Gasteiger partial charge is 0.337 e. The van der Waals surface area contributed by atoms with Gasteiger partial charge in [-0.2, -0.15) is 0 Å². The van der Waals surface area contributed by atoms with Crippen molar-refractivity contribution in [3.05, 3.63) is 35.5 Å². The molecule has 1 amide bonds. The summed E-state index contributed by atoms with van der Waals surface area (Å²) in [6.45, 7) is 3.56. The third kappa shape index (κ3) is 4.99. The summed E-state index contributed by atoms with van der Waals surface area (Å²) < 4.78 is 9.99. The van der Waals surface area contributed by atoms with Crippen LogP contribution < -0.4 is 10.2 Å². The van der Waals surface area contributed by atoms with E-state index in [0.717, 1.165) is 5.69 Å². The summed E-state index contributed by atoms with van der Waals surface area (Å²) in [5.41, 5.74) is 1.97. The number of methoxy groups -OCH3 is 1. The molecule has 0 radical (unpaired) electrons. The molecule has 0 atom stereocenters. The summed E-state index contributed by atoms with van der Waals surface area (Å²) in [6.07, 6.45) is 1.37. The number of anilines is 2. The van der Waals surface area contributed by atoms with Crippen LogP contribution in [-0.2, 0) is 23.9 Å². The minimum absolute atomic E-state index is 0.0848. The number of benzene rings is 1. The average molecular weight is 431 g/mol. The minimum Gasteiger partial charge on any atom is -0.466 e. The Morgan fingerprint density at radius 3 is 2.58 bits per heavy atom. The van der Waals surface area contributed by atoms with Crippen molar-refractivity contribution in [2.75, 3.05) is 56.7 Å². The van der Waals surface area contributed by atoms with Gasteiger partial charge in [0, 0.05) is 19.6 Å². The van der Waals surface area contributed by atoms with E-state index in [2.05, 4.69) is 10.2 Å². The molecule has 168 valence electrons. The minimum atomic E-state index is -0.580. The maximum Gasteiger partial charge on any atom is 0.337 e. The molecule has 2 heterocycles. The molecule has 31 heavy (non-hydrogen) atoms. The van der Waals surface area contributed by atoms with E-state index in [1.807, 2.05) is 24.3 Å². The fraction of sp³-hybridized carbons (Fsp3) is 0.500. The van der Waals surface area contributed by atoms with Crippen LogP contribution in [0.25, 0.3) is 0 Å². The molecule has 1 saturated heterocycles. The van der Waals surface area contributed by atoms with Crippen molar-refractivity contribution >= 4 is 29.2 Å². The van der Waals surface area contributed by atoms with Crippen LogP contribution in [0.3, 0.4) is 0 Å². The number of ether oxygens (including phenoxy) is 2. The molecule has 0 spiro atoms. The number of hydrogen-bond donors (Lipinski definition) is 2. The van der Waals surface area contributed by atoms with Crippen molar-refractivity contribution in [2.24, 2.45) is 5.92 Å². The molecular weight excluding hydrogens is 402 g/mol. The number of β-amino-alcohol motifs (C(OH)–C–C–N with tert-alkyl or cyclic N) is 1. The number of esters is 2. The first-order valence-corrected chi connectivity index (χ1v) is 10.5. The highest BCUT2D eigenvalue weighted by Gasteiger charge is 2.35. The molecular formula is C22H29N3O6. The lowest BCUT2D eigenvalue weighted by Crippen LogP contribution is -2.37. The number of piperidine rings is 1. The lowest BCUT2D eigenvalue weighted by atomic mass is 9.96. The summed E-state index contributed by atoms with van der Waals surface area (Å²) in [5.74, 6) is -1.19. The molecule has 2 aliphatic heterocycles. The van der Waals surface area contributed by atoms with Gasteiger partial charge in [-0.3, -0.25) is 9.59 Å². The van der Waals surface area contributed by atoms with Crippen LogP contribution in [0.4, 0.5) is 11.4 Å². The van der Waals surface area contributed by atoms with Gasteiger partial charge in [-0.25, -0.2) is 4.79 Å². The van der Waals surface area contributed by atoms with Gasteiger partial charge in [-0.1, -0.05) is 12.1 Å². The summed E-state index contributed by atoms with van der Waals surface area (Å²) >= 11 is 0.